The first-order valence-electron chi connectivity index (χ1n) is 8.20. The van der Waals surface area contributed by atoms with Gasteiger partial charge in [0.2, 0.25) is 5.30 Å². The van der Waals surface area contributed by atoms with Gasteiger partial charge in [0.1, 0.15) is 6.61 Å². The summed E-state index contributed by atoms with van der Waals surface area (Å²) in [5.74, 6) is 0. The van der Waals surface area contributed by atoms with Crippen molar-refractivity contribution in [3.05, 3.63) is 54.1 Å². The predicted molar refractivity (Wildman–Crippen MR) is 97.4 cm³/mol. The van der Waals surface area contributed by atoms with Gasteiger partial charge in [-0.25, -0.2) is 0 Å². The largest absolute Gasteiger partial charge is 0.549 e. The lowest BCUT2D eigenvalue weighted by molar-refractivity contribution is 0.296. The van der Waals surface area contributed by atoms with Crippen LogP contribution in [0.4, 0.5) is 0 Å². The van der Waals surface area contributed by atoms with Crippen molar-refractivity contribution in [1.29, 1.82) is 0 Å². The molecule has 0 amide bonds. The highest BCUT2D eigenvalue weighted by Crippen LogP contribution is 2.29. The van der Waals surface area contributed by atoms with Gasteiger partial charge in [0.25, 0.3) is 0 Å². The van der Waals surface area contributed by atoms with Gasteiger partial charge in [-0.3, -0.25) is 4.90 Å². The van der Waals surface area contributed by atoms with Crippen molar-refractivity contribution in [3.63, 3.8) is 0 Å². The molecular weight excluding hydrogens is 305 g/mol. The summed E-state index contributed by atoms with van der Waals surface area (Å²) in [6.07, 6.45) is 0. The van der Waals surface area contributed by atoms with Gasteiger partial charge in [0.15, 0.2) is 0 Å². The van der Waals surface area contributed by atoms with E-state index < -0.39 is 8.03 Å². The fraction of sp³-hybridized carbons (Fsp3) is 0.368. The molecule has 0 saturated heterocycles. The summed E-state index contributed by atoms with van der Waals surface area (Å²) in [5.41, 5.74) is 3.35. The van der Waals surface area contributed by atoms with Crippen molar-refractivity contribution in [2.45, 2.75) is 27.3 Å². The van der Waals surface area contributed by atoms with Crippen LogP contribution in [0.15, 0.2) is 48.5 Å². The molecule has 0 fully saturated rings. The highest BCUT2D eigenvalue weighted by atomic mass is 31.1. The predicted octanol–water partition coefficient (Wildman–Crippen LogP) is 4.60. The summed E-state index contributed by atoms with van der Waals surface area (Å²) in [7, 11) is -1.81. The van der Waals surface area contributed by atoms with Crippen molar-refractivity contribution in [2.75, 3.05) is 19.7 Å². The molecule has 0 saturated carbocycles. The van der Waals surface area contributed by atoms with Gasteiger partial charge in [0, 0.05) is 12.1 Å². The lowest BCUT2D eigenvalue weighted by Crippen LogP contribution is -2.21. The highest BCUT2D eigenvalue weighted by Gasteiger charge is 2.25. The average Bonchev–Trinajstić information content (AvgIpc) is 2.60. The fourth-order valence-electron chi connectivity index (χ4n) is 2.56. The Morgan fingerprint density at radius 3 is 2.22 bits per heavy atom. The van der Waals surface area contributed by atoms with Gasteiger partial charge in [-0.2, -0.15) is 0 Å². The summed E-state index contributed by atoms with van der Waals surface area (Å²) in [4.78, 5) is 2.38. The Morgan fingerprint density at radius 1 is 0.957 bits per heavy atom. The minimum absolute atomic E-state index is 0.451. The van der Waals surface area contributed by atoms with E-state index in [-0.39, 0.29) is 0 Å². The first kappa shape index (κ1) is 17.8. The first-order chi connectivity index (χ1) is 11.2. The third-order valence-corrected chi connectivity index (χ3v) is 5.19. The van der Waals surface area contributed by atoms with E-state index in [0.717, 1.165) is 36.1 Å². The highest BCUT2D eigenvalue weighted by molar-refractivity contribution is 7.48. The van der Waals surface area contributed by atoms with E-state index in [2.05, 4.69) is 43.0 Å². The van der Waals surface area contributed by atoms with Crippen LogP contribution in [0.2, 0.25) is 0 Å². The van der Waals surface area contributed by atoms with Crippen molar-refractivity contribution in [1.82, 2.24) is 4.90 Å². The zero-order chi connectivity index (χ0) is 16.7. The van der Waals surface area contributed by atoms with Gasteiger partial charge >= 0.3 is 8.03 Å². The molecule has 122 valence electrons. The number of benzene rings is 2. The molecule has 2 aromatic carbocycles. The Balaban J connectivity index is 2.24. The van der Waals surface area contributed by atoms with Gasteiger partial charge < -0.3 is 0 Å². The molecule has 1 atom stereocenters. The molecule has 0 bridgehead atoms. The van der Waals surface area contributed by atoms with Gasteiger partial charge in [-0.05, 0) is 47.8 Å². The molecule has 0 spiro atoms. The molecule has 0 radical (unpaired) electrons. The van der Waals surface area contributed by atoms with Gasteiger partial charge in [-0.15, -0.1) is 4.52 Å². The molecule has 0 aliphatic carbocycles. The van der Waals surface area contributed by atoms with Crippen LogP contribution in [-0.2, 0) is 15.6 Å². The number of hydrogen-bond donors (Lipinski definition) is 0. The number of hydrogen-bond acceptors (Lipinski definition) is 3. The summed E-state index contributed by atoms with van der Waals surface area (Å²) >= 11 is 0. The normalized spacial score (nSPS) is 11.7. The Hall–Kier alpha value is -1.54. The maximum Gasteiger partial charge on any atom is 0.549 e. The van der Waals surface area contributed by atoms with Crippen LogP contribution >= 0.6 is 8.03 Å². The second-order valence-corrected chi connectivity index (χ2v) is 6.60. The SMILES string of the molecule is CCO[P+](=O)c1ccccc1-c1ccc(CN(CC)CC)cc1. The van der Waals surface area contributed by atoms with Crippen molar-refractivity contribution in [2.24, 2.45) is 0 Å². The molecule has 3 nitrogen and oxygen atoms in total. The molecule has 1 unspecified atom stereocenters. The zero-order valence-electron chi connectivity index (χ0n) is 14.2. The first-order valence-corrected chi connectivity index (χ1v) is 9.38. The number of nitrogens with zero attached hydrogens (tertiary/aromatic N) is 1. The summed E-state index contributed by atoms with van der Waals surface area (Å²) in [6, 6.07) is 16.3. The van der Waals surface area contributed by atoms with E-state index >= 15 is 0 Å². The fourth-order valence-corrected chi connectivity index (χ4v) is 3.54. The van der Waals surface area contributed by atoms with Crippen LogP contribution in [0.5, 0.6) is 0 Å². The third-order valence-electron chi connectivity index (χ3n) is 3.91. The molecule has 0 aliphatic heterocycles. The van der Waals surface area contributed by atoms with E-state index in [0.29, 0.717) is 6.61 Å². The number of rotatable bonds is 8. The van der Waals surface area contributed by atoms with Crippen molar-refractivity contribution in [3.8, 4) is 11.1 Å². The molecular formula is C19H25NO2P+. The Labute approximate surface area is 140 Å². The molecule has 0 aromatic heterocycles. The topological polar surface area (TPSA) is 29.5 Å². The molecule has 0 N–H and O–H groups in total. The summed E-state index contributed by atoms with van der Waals surface area (Å²) in [5, 5.41) is 0.765. The van der Waals surface area contributed by atoms with Crippen LogP contribution in [0, 0.1) is 0 Å². The van der Waals surface area contributed by atoms with Crippen LogP contribution in [0.3, 0.4) is 0 Å². The molecule has 2 aromatic rings. The Kier molecular flexibility index (Phi) is 6.91. The van der Waals surface area contributed by atoms with Crippen LogP contribution in [0.1, 0.15) is 26.3 Å². The lowest BCUT2D eigenvalue weighted by atomic mass is 10.0. The summed E-state index contributed by atoms with van der Waals surface area (Å²) in [6.45, 7) is 9.73. The van der Waals surface area contributed by atoms with E-state index in [1.54, 1.807) is 0 Å². The molecule has 23 heavy (non-hydrogen) atoms. The maximum atomic E-state index is 12.2. The van der Waals surface area contributed by atoms with Crippen LogP contribution in [-0.4, -0.2) is 24.6 Å². The van der Waals surface area contributed by atoms with Crippen LogP contribution < -0.4 is 5.30 Å². The monoisotopic (exact) mass is 330 g/mol. The smallest absolute Gasteiger partial charge is 0.300 e. The lowest BCUT2D eigenvalue weighted by Gasteiger charge is -2.18. The summed E-state index contributed by atoms with van der Waals surface area (Å²) < 4.78 is 17.5. The minimum atomic E-state index is -1.81. The average molecular weight is 330 g/mol. The second-order valence-electron chi connectivity index (χ2n) is 5.35. The second kappa shape index (κ2) is 8.93. The Morgan fingerprint density at radius 2 is 1.61 bits per heavy atom. The van der Waals surface area contributed by atoms with E-state index in [9.17, 15) is 4.57 Å². The van der Waals surface area contributed by atoms with Crippen LogP contribution in [0.25, 0.3) is 11.1 Å². The van der Waals surface area contributed by atoms with Crippen molar-refractivity contribution >= 4 is 13.3 Å². The van der Waals surface area contributed by atoms with Gasteiger partial charge in [-0.1, -0.05) is 50.2 Å². The standard InChI is InChI=1S/C19H25NO2P/c1-4-20(5-2)15-16-11-13-17(14-12-16)18-9-7-8-10-19(18)23(21)22-6-3/h7-14H,4-6,15H2,1-3H3/q+1. The Bertz CT molecular complexity index is 636. The van der Waals surface area contributed by atoms with E-state index in [1.807, 2.05) is 31.2 Å². The van der Waals surface area contributed by atoms with E-state index in [1.165, 1.54) is 5.56 Å². The van der Waals surface area contributed by atoms with Crippen molar-refractivity contribution < 1.29 is 9.09 Å². The maximum absolute atomic E-state index is 12.2. The third kappa shape index (κ3) is 4.71. The zero-order valence-corrected chi connectivity index (χ0v) is 15.1. The van der Waals surface area contributed by atoms with E-state index in [4.69, 9.17) is 4.52 Å². The molecule has 0 aliphatic rings. The minimum Gasteiger partial charge on any atom is -0.300 e. The van der Waals surface area contributed by atoms with Gasteiger partial charge in [0.05, 0.1) is 0 Å². The quantitative estimate of drug-likeness (QED) is 0.663. The molecule has 4 heteroatoms. The molecule has 2 rings (SSSR count). The molecule has 0 heterocycles.